The summed E-state index contributed by atoms with van der Waals surface area (Å²) in [5.41, 5.74) is 0.232. The third-order valence-electron chi connectivity index (χ3n) is 4.66. The number of morpholine rings is 1. The Morgan fingerprint density at radius 2 is 2.12 bits per heavy atom. The average molecular weight is 484 g/mol. The van der Waals surface area contributed by atoms with Crippen LogP contribution >= 0.6 is 11.6 Å². The van der Waals surface area contributed by atoms with Crippen molar-refractivity contribution in [3.8, 4) is 5.88 Å². The van der Waals surface area contributed by atoms with Crippen molar-refractivity contribution in [2.24, 2.45) is 0 Å². The van der Waals surface area contributed by atoms with Gasteiger partial charge in [-0.3, -0.25) is 9.59 Å². The van der Waals surface area contributed by atoms with E-state index in [2.05, 4.69) is 10.3 Å². The van der Waals surface area contributed by atoms with Gasteiger partial charge in [-0.25, -0.2) is 4.98 Å². The van der Waals surface area contributed by atoms with E-state index in [0.717, 1.165) is 12.1 Å². The van der Waals surface area contributed by atoms with E-state index in [1.165, 1.54) is 13.0 Å². The summed E-state index contributed by atoms with van der Waals surface area (Å²) in [4.78, 5) is 29.2. The molecule has 1 atom stereocenters. The maximum atomic E-state index is 12.6. The molecule has 33 heavy (non-hydrogen) atoms. The van der Waals surface area contributed by atoms with E-state index >= 15 is 0 Å². The molecular weight excluding hydrogens is 463 g/mol. The molecular formula is C22H21ClF3N3O4. The highest BCUT2D eigenvalue weighted by Crippen LogP contribution is 2.29. The number of aromatic nitrogens is 1. The molecule has 3 rings (SSSR count). The molecule has 176 valence electrons. The van der Waals surface area contributed by atoms with Gasteiger partial charge in [0.15, 0.2) is 0 Å². The quantitative estimate of drug-likeness (QED) is 0.627. The second kappa shape index (κ2) is 10.7. The van der Waals surface area contributed by atoms with Crippen LogP contribution in [0.2, 0.25) is 5.02 Å². The van der Waals surface area contributed by atoms with Gasteiger partial charge in [-0.05, 0) is 29.8 Å². The Hall–Kier alpha value is -3.11. The molecule has 0 bridgehead atoms. The van der Waals surface area contributed by atoms with E-state index in [9.17, 15) is 22.8 Å². The molecule has 7 nitrogen and oxygen atoms in total. The summed E-state index contributed by atoms with van der Waals surface area (Å²) in [7, 11) is 0. The zero-order valence-corrected chi connectivity index (χ0v) is 18.3. The highest BCUT2D eigenvalue weighted by molar-refractivity contribution is 6.31. The van der Waals surface area contributed by atoms with Gasteiger partial charge in [0.25, 0.3) is 0 Å². The van der Waals surface area contributed by atoms with Crippen molar-refractivity contribution in [3.63, 3.8) is 0 Å². The number of pyridine rings is 1. The number of alkyl halides is 3. The van der Waals surface area contributed by atoms with E-state index in [0.29, 0.717) is 29.0 Å². The molecule has 0 aliphatic carbocycles. The van der Waals surface area contributed by atoms with Crippen LogP contribution in [-0.4, -0.2) is 54.1 Å². The van der Waals surface area contributed by atoms with Crippen LogP contribution in [0.3, 0.4) is 0 Å². The van der Waals surface area contributed by atoms with Crippen molar-refractivity contribution in [1.29, 1.82) is 0 Å². The van der Waals surface area contributed by atoms with Crippen LogP contribution in [0, 0.1) is 0 Å². The first-order chi connectivity index (χ1) is 15.6. The van der Waals surface area contributed by atoms with Crippen molar-refractivity contribution in [3.05, 3.63) is 58.8 Å². The Morgan fingerprint density at radius 1 is 1.33 bits per heavy atom. The number of nitrogens with one attached hydrogen (secondary N) is 1. The van der Waals surface area contributed by atoms with Crippen molar-refractivity contribution in [2.45, 2.75) is 19.2 Å². The van der Waals surface area contributed by atoms with E-state index in [1.54, 1.807) is 29.2 Å². The van der Waals surface area contributed by atoms with Crippen LogP contribution in [-0.2, 0) is 20.5 Å². The fourth-order valence-electron chi connectivity index (χ4n) is 3.07. The minimum atomic E-state index is -4.47. The van der Waals surface area contributed by atoms with Crippen LogP contribution in [0.15, 0.2) is 42.6 Å². The maximum absolute atomic E-state index is 12.6. The monoisotopic (exact) mass is 483 g/mol. The average Bonchev–Trinajstić information content (AvgIpc) is 2.76. The molecule has 2 amide bonds. The molecule has 1 saturated heterocycles. The van der Waals surface area contributed by atoms with Crippen molar-refractivity contribution in [2.75, 3.05) is 31.6 Å². The summed E-state index contributed by atoms with van der Waals surface area (Å²) >= 11 is 5.97. The number of carbonyl (C=O) groups is 2. The van der Waals surface area contributed by atoms with Crippen molar-refractivity contribution < 1.29 is 32.2 Å². The molecule has 0 radical (unpaired) electrons. The number of benzene rings is 1. The normalized spacial score (nSPS) is 16.6. The van der Waals surface area contributed by atoms with E-state index in [-0.39, 0.29) is 37.5 Å². The lowest BCUT2D eigenvalue weighted by Gasteiger charge is -2.32. The highest BCUT2D eigenvalue weighted by atomic mass is 35.5. The molecule has 1 aromatic carbocycles. The lowest BCUT2D eigenvalue weighted by atomic mass is 10.1. The van der Waals surface area contributed by atoms with Gasteiger partial charge >= 0.3 is 6.18 Å². The third kappa shape index (κ3) is 7.19. The predicted octanol–water partition coefficient (Wildman–Crippen LogP) is 4.03. The fourth-order valence-corrected chi connectivity index (χ4v) is 3.24. The molecule has 1 N–H and O–H groups in total. The zero-order valence-electron chi connectivity index (χ0n) is 17.6. The highest BCUT2D eigenvalue weighted by Gasteiger charge is 2.31. The molecule has 1 aromatic heterocycles. The maximum Gasteiger partial charge on any atom is 0.417 e. The van der Waals surface area contributed by atoms with Crippen LogP contribution in [0.25, 0.3) is 6.08 Å². The first kappa shape index (κ1) is 24.5. The summed E-state index contributed by atoms with van der Waals surface area (Å²) in [6.45, 7) is 2.29. The standard InChI is InChI=1S/C22H21ClF3N3O4/c1-14(30)28-19-10-17(23)5-2-15(19)3-7-21(31)29-8-9-32-18(12-29)13-33-20-6-4-16(11-27-20)22(24,25)26/h2-7,10-11,18H,8-9,12-13H2,1H3,(H,28,30)/b7-3+. The van der Waals surface area contributed by atoms with Crippen LogP contribution in [0.1, 0.15) is 18.1 Å². The first-order valence-corrected chi connectivity index (χ1v) is 10.3. The topological polar surface area (TPSA) is 80.8 Å². The van der Waals surface area contributed by atoms with E-state index in [1.807, 2.05) is 0 Å². The van der Waals surface area contributed by atoms with Gasteiger partial charge in [-0.2, -0.15) is 13.2 Å². The predicted molar refractivity (Wildman–Crippen MR) is 116 cm³/mol. The van der Waals surface area contributed by atoms with Crippen molar-refractivity contribution in [1.82, 2.24) is 9.88 Å². The summed E-state index contributed by atoms with van der Waals surface area (Å²) < 4.78 is 48.8. The first-order valence-electron chi connectivity index (χ1n) is 9.93. The third-order valence-corrected chi connectivity index (χ3v) is 4.90. The summed E-state index contributed by atoms with van der Waals surface area (Å²) in [6, 6.07) is 6.94. The fraction of sp³-hybridized carbons (Fsp3) is 0.318. The Balaban J connectivity index is 1.57. The number of rotatable bonds is 6. The molecule has 2 aromatic rings. The zero-order chi connectivity index (χ0) is 24.0. The van der Waals surface area contributed by atoms with Crippen molar-refractivity contribution >= 4 is 35.2 Å². The molecule has 1 aliphatic rings. The number of amides is 2. The smallest absolute Gasteiger partial charge is 0.417 e. The molecule has 0 saturated carbocycles. The van der Waals surface area contributed by atoms with Crippen LogP contribution in [0.5, 0.6) is 5.88 Å². The van der Waals surface area contributed by atoms with Gasteiger partial charge in [-0.1, -0.05) is 17.7 Å². The second-order valence-electron chi connectivity index (χ2n) is 7.22. The number of ether oxygens (including phenoxy) is 2. The van der Waals surface area contributed by atoms with Gasteiger partial charge < -0.3 is 19.7 Å². The van der Waals surface area contributed by atoms with Crippen LogP contribution in [0.4, 0.5) is 18.9 Å². The Bertz CT molecular complexity index is 1030. The van der Waals surface area contributed by atoms with Gasteiger partial charge in [0.1, 0.15) is 12.7 Å². The number of halogens is 4. The van der Waals surface area contributed by atoms with Gasteiger partial charge in [0.2, 0.25) is 17.7 Å². The lowest BCUT2D eigenvalue weighted by molar-refractivity contribution is -0.137. The Labute approximate surface area is 193 Å². The second-order valence-corrected chi connectivity index (χ2v) is 7.65. The van der Waals surface area contributed by atoms with Gasteiger partial charge in [0.05, 0.1) is 18.7 Å². The van der Waals surface area contributed by atoms with Gasteiger partial charge in [-0.15, -0.1) is 0 Å². The molecule has 1 unspecified atom stereocenters. The lowest BCUT2D eigenvalue weighted by Crippen LogP contribution is -2.47. The molecule has 0 spiro atoms. The van der Waals surface area contributed by atoms with Gasteiger partial charge in [0, 0.05) is 42.5 Å². The number of carbonyl (C=O) groups excluding carboxylic acids is 2. The number of hydrogen-bond donors (Lipinski definition) is 1. The van der Waals surface area contributed by atoms with E-state index < -0.39 is 17.8 Å². The Kier molecular flexibility index (Phi) is 7.93. The molecule has 1 fully saturated rings. The van der Waals surface area contributed by atoms with E-state index in [4.69, 9.17) is 21.1 Å². The number of anilines is 1. The SMILES string of the molecule is CC(=O)Nc1cc(Cl)ccc1/C=C/C(=O)N1CCOC(COc2ccc(C(F)(F)F)cn2)C1. The minimum absolute atomic E-state index is 0.0235. The molecule has 2 heterocycles. The molecule has 1 aliphatic heterocycles. The number of nitrogens with zero attached hydrogens (tertiary/aromatic N) is 2. The van der Waals surface area contributed by atoms with Crippen LogP contribution < -0.4 is 10.1 Å². The largest absolute Gasteiger partial charge is 0.475 e. The summed E-state index contributed by atoms with van der Waals surface area (Å²) in [5.74, 6) is -0.500. The summed E-state index contributed by atoms with van der Waals surface area (Å²) in [6.07, 6.45) is -1.28. The Morgan fingerprint density at radius 3 is 2.79 bits per heavy atom. The molecule has 11 heteroatoms. The minimum Gasteiger partial charge on any atom is -0.475 e. The number of hydrogen-bond acceptors (Lipinski definition) is 5. The summed E-state index contributed by atoms with van der Waals surface area (Å²) in [5, 5.41) is 3.11.